The van der Waals surface area contributed by atoms with Crippen molar-refractivity contribution in [3.8, 4) is 0 Å². The van der Waals surface area contributed by atoms with Crippen molar-refractivity contribution in [1.29, 1.82) is 0 Å². The Hall–Kier alpha value is -2.22. The fourth-order valence-electron chi connectivity index (χ4n) is 1.73. The third-order valence-corrected chi connectivity index (χ3v) is 3.37. The molecule has 0 amide bonds. The van der Waals surface area contributed by atoms with Gasteiger partial charge in [-0.25, -0.2) is 4.79 Å². The molecule has 1 aromatic heterocycles. The van der Waals surface area contributed by atoms with Crippen molar-refractivity contribution in [2.45, 2.75) is 6.54 Å². The van der Waals surface area contributed by atoms with Crippen LogP contribution in [-0.2, 0) is 6.54 Å². The molecule has 20 heavy (non-hydrogen) atoms. The summed E-state index contributed by atoms with van der Waals surface area (Å²) in [6, 6.07) is 5.24. The largest absolute Gasteiger partial charge is 0.478 e. The van der Waals surface area contributed by atoms with Crippen LogP contribution in [0.1, 0.15) is 15.9 Å². The normalized spacial score (nSPS) is 10.5. The van der Waals surface area contributed by atoms with E-state index in [1.165, 1.54) is 29.0 Å². The highest BCUT2D eigenvalue weighted by Crippen LogP contribution is 2.23. The molecule has 0 saturated heterocycles. The van der Waals surface area contributed by atoms with Crippen LogP contribution in [0.4, 0.5) is 10.1 Å². The Morgan fingerprint density at radius 2 is 2.20 bits per heavy atom. The summed E-state index contributed by atoms with van der Waals surface area (Å²) >= 11 is 3.16. The quantitative estimate of drug-likeness (QED) is 0.683. The zero-order valence-electron chi connectivity index (χ0n) is 9.92. The first-order valence-electron chi connectivity index (χ1n) is 5.41. The molecule has 104 valence electrons. The highest BCUT2D eigenvalue weighted by molar-refractivity contribution is 9.10. The fourth-order valence-corrected chi connectivity index (χ4v) is 2.20. The lowest BCUT2D eigenvalue weighted by molar-refractivity contribution is -0.387. The number of rotatable bonds is 4. The van der Waals surface area contributed by atoms with E-state index >= 15 is 0 Å². The van der Waals surface area contributed by atoms with Gasteiger partial charge < -0.3 is 9.67 Å². The molecule has 0 unspecified atom stereocenters. The zero-order chi connectivity index (χ0) is 14.9. The number of nitro groups is 1. The molecule has 0 fully saturated rings. The molecule has 0 aliphatic rings. The minimum atomic E-state index is -1.11. The van der Waals surface area contributed by atoms with Crippen LogP contribution in [0.15, 0.2) is 35.1 Å². The first-order valence-corrected chi connectivity index (χ1v) is 6.20. The van der Waals surface area contributed by atoms with E-state index in [0.29, 0.717) is 4.60 Å². The second-order valence-electron chi connectivity index (χ2n) is 3.99. The molecule has 1 N–H and O–H groups in total. The molecule has 0 aliphatic carbocycles. The number of hydrogen-bond donors (Lipinski definition) is 1. The van der Waals surface area contributed by atoms with Gasteiger partial charge in [0.25, 0.3) is 0 Å². The average molecular weight is 343 g/mol. The van der Waals surface area contributed by atoms with Crippen LogP contribution in [0.5, 0.6) is 0 Å². The highest BCUT2D eigenvalue weighted by atomic mass is 79.9. The Kier molecular flexibility index (Phi) is 3.84. The van der Waals surface area contributed by atoms with Gasteiger partial charge in [0.15, 0.2) is 0 Å². The van der Waals surface area contributed by atoms with Crippen molar-refractivity contribution < 1.29 is 19.2 Å². The molecule has 6 nitrogen and oxygen atoms in total. The van der Waals surface area contributed by atoms with Crippen molar-refractivity contribution >= 4 is 27.6 Å². The lowest BCUT2D eigenvalue weighted by Crippen LogP contribution is -2.03. The first-order chi connectivity index (χ1) is 9.40. The SMILES string of the molecule is O=C(O)c1cc(Br)n(Cc2cccc([N+](=O)[O-])c2F)c1. The third kappa shape index (κ3) is 2.69. The predicted octanol–water partition coefficient (Wildman–Crippen LogP) is 3.04. The monoisotopic (exact) mass is 342 g/mol. The molecular formula is C12H8BrFN2O4. The van der Waals surface area contributed by atoms with Crippen molar-refractivity contribution in [3.05, 3.63) is 62.1 Å². The Bertz CT molecular complexity index is 699. The van der Waals surface area contributed by atoms with Gasteiger partial charge in [-0.05, 0) is 22.0 Å². The summed E-state index contributed by atoms with van der Waals surface area (Å²) < 4.78 is 15.8. The Labute approximate surface area is 120 Å². The molecule has 0 aliphatic heterocycles. The van der Waals surface area contributed by atoms with Crippen molar-refractivity contribution in [3.63, 3.8) is 0 Å². The first kappa shape index (κ1) is 14.2. The Balaban J connectivity index is 2.38. The minimum Gasteiger partial charge on any atom is -0.478 e. The maximum absolute atomic E-state index is 13.9. The van der Waals surface area contributed by atoms with Crippen LogP contribution in [0.2, 0.25) is 0 Å². The van der Waals surface area contributed by atoms with Crippen LogP contribution in [0.25, 0.3) is 0 Å². The molecule has 1 aromatic carbocycles. The van der Waals surface area contributed by atoms with Gasteiger partial charge in [-0.15, -0.1) is 0 Å². The molecule has 0 spiro atoms. The zero-order valence-corrected chi connectivity index (χ0v) is 11.5. The smallest absolute Gasteiger partial charge is 0.337 e. The van der Waals surface area contributed by atoms with Crippen molar-refractivity contribution in [2.75, 3.05) is 0 Å². The van der Waals surface area contributed by atoms with Gasteiger partial charge in [0.1, 0.15) is 0 Å². The summed E-state index contributed by atoms with van der Waals surface area (Å²) in [6.07, 6.45) is 1.32. The summed E-state index contributed by atoms with van der Waals surface area (Å²) in [6.45, 7) is -0.0125. The van der Waals surface area contributed by atoms with E-state index in [4.69, 9.17) is 5.11 Å². The van der Waals surface area contributed by atoms with Gasteiger partial charge in [0, 0.05) is 17.8 Å². The van der Waals surface area contributed by atoms with Crippen LogP contribution in [0, 0.1) is 15.9 Å². The van der Waals surface area contributed by atoms with E-state index in [0.717, 1.165) is 6.07 Å². The number of nitrogens with zero attached hydrogens (tertiary/aromatic N) is 2. The van der Waals surface area contributed by atoms with E-state index in [9.17, 15) is 19.3 Å². The number of aromatic nitrogens is 1. The maximum atomic E-state index is 13.9. The summed E-state index contributed by atoms with van der Waals surface area (Å²) in [4.78, 5) is 20.7. The summed E-state index contributed by atoms with van der Waals surface area (Å²) in [5, 5.41) is 19.5. The van der Waals surface area contributed by atoms with Gasteiger partial charge in [-0.1, -0.05) is 12.1 Å². The van der Waals surface area contributed by atoms with Crippen LogP contribution in [-0.4, -0.2) is 20.6 Å². The molecule has 2 aromatic rings. The van der Waals surface area contributed by atoms with Crippen LogP contribution in [0.3, 0.4) is 0 Å². The van der Waals surface area contributed by atoms with E-state index in [1.54, 1.807) is 0 Å². The number of halogens is 2. The van der Waals surface area contributed by atoms with Gasteiger partial charge in [0.2, 0.25) is 5.82 Å². The van der Waals surface area contributed by atoms with Crippen molar-refractivity contribution in [2.24, 2.45) is 0 Å². The molecule has 8 heteroatoms. The number of hydrogen-bond acceptors (Lipinski definition) is 3. The third-order valence-electron chi connectivity index (χ3n) is 2.69. The van der Waals surface area contributed by atoms with E-state index < -0.39 is 22.4 Å². The number of aromatic carboxylic acids is 1. The topological polar surface area (TPSA) is 85.4 Å². The standard InChI is InChI=1S/C12H8BrFN2O4/c13-10-4-8(12(17)18)6-15(10)5-7-2-1-3-9(11(7)14)16(19)20/h1-4,6H,5H2,(H,17,18). The van der Waals surface area contributed by atoms with Gasteiger partial charge in [-0.3, -0.25) is 10.1 Å². The van der Waals surface area contributed by atoms with E-state index in [2.05, 4.69) is 15.9 Å². The maximum Gasteiger partial charge on any atom is 0.337 e. The van der Waals surface area contributed by atoms with Crippen LogP contribution >= 0.6 is 15.9 Å². The molecule has 0 atom stereocenters. The molecule has 0 bridgehead atoms. The molecule has 0 saturated carbocycles. The van der Waals surface area contributed by atoms with E-state index in [-0.39, 0.29) is 17.7 Å². The second-order valence-corrected chi connectivity index (χ2v) is 4.80. The predicted molar refractivity (Wildman–Crippen MR) is 71.2 cm³/mol. The summed E-state index contributed by atoms with van der Waals surface area (Å²) in [7, 11) is 0. The van der Waals surface area contributed by atoms with E-state index in [1.807, 2.05) is 0 Å². The molecule has 0 radical (unpaired) electrons. The minimum absolute atomic E-state index is 0.0125. The Morgan fingerprint density at radius 3 is 2.75 bits per heavy atom. The summed E-state index contributed by atoms with van der Waals surface area (Å²) in [5.74, 6) is -2.03. The number of carbonyl (C=O) groups is 1. The lowest BCUT2D eigenvalue weighted by atomic mass is 10.2. The molecule has 1 heterocycles. The van der Waals surface area contributed by atoms with Crippen molar-refractivity contribution in [1.82, 2.24) is 4.57 Å². The highest BCUT2D eigenvalue weighted by Gasteiger charge is 2.18. The number of benzene rings is 1. The molecule has 2 rings (SSSR count). The molecular weight excluding hydrogens is 335 g/mol. The lowest BCUT2D eigenvalue weighted by Gasteiger charge is -2.06. The van der Waals surface area contributed by atoms with Crippen LogP contribution < -0.4 is 0 Å². The van der Waals surface area contributed by atoms with Gasteiger partial charge in [0.05, 0.1) is 21.6 Å². The number of carboxylic acid groups (broad SMARTS) is 1. The number of nitro benzene ring substituents is 1. The second kappa shape index (κ2) is 5.41. The Morgan fingerprint density at radius 1 is 1.50 bits per heavy atom. The summed E-state index contributed by atoms with van der Waals surface area (Å²) in [5.41, 5.74) is -0.459. The van der Waals surface area contributed by atoms with Gasteiger partial charge >= 0.3 is 11.7 Å². The average Bonchev–Trinajstić information content (AvgIpc) is 2.73. The number of carboxylic acids is 1. The fraction of sp³-hybridized carbons (Fsp3) is 0.0833. The van der Waals surface area contributed by atoms with Gasteiger partial charge in [-0.2, -0.15) is 4.39 Å².